The summed E-state index contributed by atoms with van der Waals surface area (Å²) < 4.78 is 0. The molecule has 16 heavy (non-hydrogen) atoms. The minimum Gasteiger partial charge on any atom is -0.365 e. The van der Waals surface area contributed by atoms with E-state index in [1.165, 1.54) is 38.8 Å². The highest BCUT2D eigenvalue weighted by molar-refractivity contribution is 5.68. The summed E-state index contributed by atoms with van der Waals surface area (Å²) in [6.45, 7) is 3.52. The molecule has 1 aliphatic carbocycles. The number of nitrogens with one attached hydrogen (secondary N) is 1. The normalized spacial score (nSPS) is 26.5. The number of hydrogen-bond acceptors (Lipinski definition) is 2. The third-order valence-electron chi connectivity index (χ3n) is 4.43. The number of nitrogens with zero attached hydrogens (tertiary/aromatic N) is 1. The zero-order chi connectivity index (χ0) is 10.5. The van der Waals surface area contributed by atoms with Gasteiger partial charge in [-0.1, -0.05) is 12.1 Å². The van der Waals surface area contributed by atoms with Crippen LogP contribution in [0.3, 0.4) is 0 Å². The predicted octanol–water partition coefficient (Wildman–Crippen LogP) is 1.51. The van der Waals surface area contributed by atoms with E-state index in [2.05, 4.69) is 22.3 Å². The summed E-state index contributed by atoms with van der Waals surface area (Å²) in [5.74, 6) is 0. The molecule has 2 heteroatoms. The fourth-order valence-corrected chi connectivity index (χ4v) is 3.71. The van der Waals surface area contributed by atoms with Crippen LogP contribution in [-0.2, 0) is 19.3 Å². The molecule has 84 valence electrons. The molecule has 0 amide bonds. The molecule has 1 fully saturated rings. The molecular formula is C14H18N2. The van der Waals surface area contributed by atoms with E-state index in [-0.39, 0.29) is 0 Å². The molecule has 0 aromatic heterocycles. The molecule has 0 saturated carbocycles. The van der Waals surface area contributed by atoms with Crippen molar-refractivity contribution in [3.8, 4) is 0 Å². The van der Waals surface area contributed by atoms with E-state index in [4.69, 9.17) is 0 Å². The fraction of sp³-hybridized carbons (Fsp3) is 0.571. The number of hydrogen-bond donors (Lipinski definition) is 1. The topological polar surface area (TPSA) is 15.3 Å². The van der Waals surface area contributed by atoms with Gasteiger partial charge < -0.3 is 10.2 Å². The molecule has 1 aromatic carbocycles. The van der Waals surface area contributed by atoms with E-state index in [1.807, 2.05) is 0 Å². The maximum Gasteiger partial charge on any atom is 0.0456 e. The number of fused-ring (bicyclic) bond motifs is 5. The lowest BCUT2D eigenvalue weighted by molar-refractivity contribution is 0.494. The van der Waals surface area contributed by atoms with Gasteiger partial charge in [0, 0.05) is 31.4 Å². The second-order valence-corrected chi connectivity index (χ2v) is 5.32. The van der Waals surface area contributed by atoms with Gasteiger partial charge in [0.15, 0.2) is 0 Å². The summed E-state index contributed by atoms with van der Waals surface area (Å²) in [4.78, 5) is 2.68. The van der Waals surface area contributed by atoms with Gasteiger partial charge >= 0.3 is 0 Å². The van der Waals surface area contributed by atoms with Crippen LogP contribution in [0.5, 0.6) is 0 Å². The number of piperazine rings is 1. The smallest absolute Gasteiger partial charge is 0.0456 e. The standard InChI is InChI=1S/C14H18N2/c1-2-10-4-5-11-8-12-9-15-6-7-16(12)14(11)13(10)3-1/h4-5,12,15H,1-3,6-9H2. The van der Waals surface area contributed by atoms with Gasteiger partial charge in [0.05, 0.1) is 0 Å². The summed E-state index contributed by atoms with van der Waals surface area (Å²) in [7, 11) is 0. The highest BCUT2D eigenvalue weighted by Crippen LogP contribution is 2.40. The van der Waals surface area contributed by atoms with Crippen molar-refractivity contribution < 1.29 is 0 Å². The predicted molar refractivity (Wildman–Crippen MR) is 66.2 cm³/mol. The Hall–Kier alpha value is -1.02. The van der Waals surface area contributed by atoms with Crippen molar-refractivity contribution in [3.05, 3.63) is 28.8 Å². The van der Waals surface area contributed by atoms with Crippen LogP contribution in [0.25, 0.3) is 0 Å². The number of anilines is 1. The zero-order valence-corrected chi connectivity index (χ0v) is 9.63. The lowest BCUT2D eigenvalue weighted by atomic mass is 10.0. The van der Waals surface area contributed by atoms with Crippen LogP contribution in [0, 0.1) is 0 Å². The van der Waals surface area contributed by atoms with E-state index in [9.17, 15) is 0 Å². The van der Waals surface area contributed by atoms with Crippen molar-refractivity contribution in [3.63, 3.8) is 0 Å². The molecule has 0 bridgehead atoms. The first kappa shape index (κ1) is 9.06. The lowest BCUT2D eigenvalue weighted by Crippen LogP contribution is -2.49. The van der Waals surface area contributed by atoms with E-state index in [1.54, 1.807) is 22.4 Å². The van der Waals surface area contributed by atoms with Gasteiger partial charge in [-0.2, -0.15) is 0 Å². The van der Waals surface area contributed by atoms with Crippen molar-refractivity contribution in [1.82, 2.24) is 5.32 Å². The first-order valence-electron chi connectivity index (χ1n) is 6.54. The molecule has 1 aromatic rings. The van der Waals surface area contributed by atoms with Crippen molar-refractivity contribution in [1.29, 1.82) is 0 Å². The Morgan fingerprint density at radius 2 is 2.12 bits per heavy atom. The maximum absolute atomic E-state index is 3.52. The third-order valence-corrected chi connectivity index (χ3v) is 4.43. The summed E-state index contributed by atoms with van der Waals surface area (Å²) in [6.07, 6.45) is 5.24. The van der Waals surface area contributed by atoms with Crippen molar-refractivity contribution >= 4 is 5.69 Å². The number of benzene rings is 1. The lowest BCUT2D eigenvalue weighted by Gasteiger charge is -2.33. The van der Waals surface area contributed by atoms with Crippen LogP contribution in [0.1, 0.15) is 23.1 Å². The first-order valence-corrected chi connectivity index (χ1v) is 6.54. The summed E-state index contributed by atoms with van der Waals surface area (Å²) in [5.41, 5.74) is 6.54. The molecule has 2 nitrogen and oxygen atoms in total. The van der Waals surface area contributed by atoms with Crippen molar-refractivity contribution in [2.75, 3.05) is 24.5 Å². The van der Waals surface area contributed by atoms with Gasteiger partial charge in [-0.25, -0.2) is 0 Å². The van der Waals surface area contributed by atoms with Crippen LogP contribution < -0.4 is 10.2 Å². The second-order valence-electron chi connectivity index (χ2n) is 5.32. The average molecular weight is 214 g/mol. The van der Waals surface area contributed by atoms with Gasteiger partial charge in [0.25, 0.3) is 0 Å². The molecule has 2 heterocycles. The Labute approximate surface area is 96.6 Å². The monoisotopic (exact) mass is 214 g/mol. The SMILES string of the molecule is c1cc2c(c3c1CCC3)N1CCNCC1C2. The molecule has 3 aliphatic rings. The molecule has 0 spiro atoms. The molecular weight excluding hydrogens is 196 g/mol. The van der Waals surface area contributed by atoms with E-state index >= 15 is 0 Å². The maximum atomic E-state index is 3.52. The molecule has 1 saturated heterocycles. The summed E-state index contributed by atoms with van der Waals surface area (Å²) in [6, 6.07) is 5.50. The highest BCUT2D eigenvalue weighted by Gasteiger charge is 2.34. The Morgan fingerprint density at radius 3 is 3.12 bits per heavy atom. The van der Waals surface area contributed by atoms with E-state index < -0.39 is 0 Å². The number of aryl methyl sites for hydroxylation is 1. The Bertz CT molecular complexity index is 439. The van der Waals surface area contributed by atoms with Gasteiger partial charge in [-0.05, 0) is 42.4 Å². The fourth-order valence-electron chi connectivity index (χ4n) is 3.71. The molecule has 1 unspecified atom stereocenters. The largest absolute Gasteiger partial charge is 0.365 e. The summed E-state index contributed by atoms with van der Waals surface area (Å²) in [5, 5.41) is 3.52. The highest BCUT2D eigenvalue weighted by atomic mass is 15.2. The molecule has 4 rings (SSSR count). The quantitative estimate of drug-likeness (QED) is 0.704. The Morgan fingerprint density at radius 1 is 1.19 bits per heavy atom. The molecule has 2 aliphatic heterocycles. The minimum absolute atomic E-state index is 0.732. The van der Waals surface area contributed by atoms with Crippen LogP contribution in [0.2, 0.25) is 0 Å². The van der Waals surface area contributed by atoms with Crippen LogP contribution in [0.15, 0.2) is 12.1 Å². The summed E-state index contributed by atoms with van der Waals surface area (Å²) >= 11 is 0. The zero-order valence-electron chi connectivity index (χ0n) is 9.63. The van der Waals surface area contributed by atoms with E-state index in [0.29, 0.717) is 0 Å². The van der Waals surface area contributed by atoms with Crippen molar-refractivity contribution in [2.45, 2.75) is 31.7 Å². The molecule has 0 radical (unpaired) electrons. The van der Waals surface area contributed by atoms with Gasteiger partial charge in [0.2, 0.25) is 0 Å². The number of rotatable bonds is 0. The second kappa shape index (κ2) is 3.24. The first-order chi connectivity index (χ1) is 7.93. The third kappa shape index (κ3) is 1.11. The van der Waals surface area contributed by atoms with Gasteiger partial charge in [-0.3, -0.25) is 0 Å². The van der Waals surface area contributed by atoms with E-state index in [0.717, 1.165) is 12.6 Å². The van der Waals surface area contributed by atoms with Gasteiger partial charge in [0.1, 0.15) is 0 Å². The molecule has 1 atom stereocenters. The molecule has 1 N–H and O–H groups in total. The average Bonchev–Trinajstić information content (AvgIpc) is 2.91. The van der Waals surface area contributed by atoms with Crippen LogP contribution >= 0.6 is 0 Å². The van der Waals surface area contributed by atoms with Crippen molar-refractivity contribution in [2.24, 2.45) is 0 Å². The van der Waals surface area contributed by atoms with Gasteiger partial charge in [-0.15, -0.1) is 0 Å². The Balaban J connectivity index is 1.85. The van der Waals surface area contributed by atoms with Crippen LogP contribution in [-0.4, -0.2) is 25.7 Å². The minimum atomic E-state index is 0.732. The Kier molecular flexibility index (Phi) is 1.83. The van der Waals surface area contributed by atoms with Crippen LogP contribution in [0.4, 0.5) is 5.69 Å².